The Kier molecular flexibility index (Phi) is 3.04. The standard InChI is InChI=1S/C12H10N2O5/c1-14-10(16)7-4-3-6(5-8(7)11(14)17)13-9(15)12(18)19-2/h3-5H,1-2H3,(H,13,15). The number of hydrogen-bond acceptors (Lipinski definition) is 5. The Morgan fingerprint density at radius 1 is 1.16 bits per heavy atom. The minimum absolute atomic E-state index is 0.190. The third kappa shape index (κ3) is 2.05. The number of methoxy groups -OCH3 is 1. The molecule has 3 amide bonds. The molecule has 0 atom stereocenters. The average Bonchev–Trinajstić information content (AvgIpc) is 2.63. The molecular formula is C12H10N2O5. The second-order valence-electron chi connectivity index (χ2n) is 3.88. The van der Waals surface area contributed by atoms with Crippen LogP contribution in [-0.2, 0) is 14.3 Å². The van der Waals surface area contributed by atoms with Crippen LogP contribution in [0.5, 0.6) is 0 Å². The number of esters is 1. The molecule has 1 aromatic rings. The molecule has 0 bridgehead atoms. The number of rotatable bonds is 1. The van der Waals surface area contributed by atoms with Gasteiger partial charge in [-0.2, -0.15) is 0 Å². The van der Waals surface area contributed by atoms with Crippen molar-refractivity contribution in [2.45, 2.75) is 0 Å². The number of amides is 3. The molecule has 1 aliphatic rings. The Bertz CT molecular complexity index is 608. The number of ether oxygens (including phenoxy) is 1. The first kappa shape index (κ1) is 12.7. The number of carbonyl (C=O) groups excluding carboxylic acids is 4. The van der Waals surface area contributed by atoms with Crippen LogP contribution in [0, 0.1) is 0 Å². The highest BCUT2D eigenvalue weighted by Gasteiger charge is 2.32. The molecule has 19 heavy (non-hydrogen) atoms. The van der Waals surface area contributed by atoms with E-state index in [2.05, 4.69) is 10.1 Å². The van der Waals surface area contributed by atoms with E-state index in [0.29, 0.717) is 0 Å². The normalized spacial score (nSPS) is 13.3. The molecule has 0 aromatic heterocycles. The second kappa shape index (κ2) is 4.52. The van der Waals surface area contributed by atoms with Gasteiger partial charge in [-0.1, -0.05) is 0 Å². The van der Waals surface area contributed by atoms with Gasteiger partial charge in [0.05, 0.1) is 18.2 Å². The molecule has 0 saturated carbocycles. The summed E-state index contributed by atoms with van der Waals surface area (Å²) in [4.78, 5) is 46.6. The number of nitrogens with one attached hydrogen (secondary N) is 1. The van der Waals surface area contributed by atoms with Crippen molar-refractivity contribution in [3.63, 3.8) is 0 Å². The van der Waals surface area contributed by atoms with Crippen molar-refractivity contribution in [3.8, 4) is 0 Å². The van der Waals surface area contributed by atoms with Gasteiger partial charge in [0.1, 0.15) is 0 Å². The van der Waals surface area contributed by atoms with Gasteiger partial charge in [0.25, 0.3) is 11.8 Å². The molecule has 7 nitrogen and oxygen atoms in total. The maximum atomic E-state index is 11.7. The third-order valence-electron chi connectivity index (χ3n) is 2.72. The molecule has 0 spiro atoms. The summed E-state index contributed by atoms with van der Waals surface area (Å²) in [5.41, 5.74) is 0.698. The van der Waals surface area contributed by atoms with E-state index >= 15 is 0 Å². The number of hydrogen-bond donors (Lipinski definition) is 1. The zero-order chi connectivity index (χ0) is 14.2. The maximum Gasteiger partial charge on any atom is 0.396 e. The van der Waals surface area contributed by atoms with Crippen LogP contribution in [0.3, 0.4) is 0 Å². The fourth-order valence-corrected chi connectivity index (χ4v) is 1.71. The van der Waals surface area contributed by atoms with Gasteiger partial charge in [0.2, 0.25) is 0 Å². The first-order chi connectivity index (χ1) is 8.95. The number of nitrogens with zero attached hydrogens (tertiary/aromatic N) is 1. The number of fused-ring (bicyclic) bond motifs is 1. The highest BCUT2D eigenvalue weighted by molar-refractivity contribution is 6.37. The summed E-state index contributed by atoms with van der Waals surface area (Å²) in [6, 6.07) is 4.20. The summed E-state index contributed by atoms with van der Waals surface area (Å²) in [5, 5.41) is 2.28. The lowest BCUT2D eigenvalue weighted by Gasteiger charge is -2.04. The lowest BCUT2D eigenvalue weighted by Crippen LogP contribution is -2.24. The predicted molar refractivity (Wildman–Crippen MR) is 63.5 cm³/mol. The number of carbonyl (C=O) groups is 4. The van der Waals surface area contributed by atoms with Crippen LogP contribution in [-0.4, -0.2) is 42.7 Å². The van der Waals surface area contributed by atoms with Crippen molar-refractivity contribution in [2.24, 2.45) is 0 Å². The van der Waals surface area contributed by atoms with E-state index < -0.39 is 23.7 Å². The molecule has 0 saturated heterocycles. The molecule has 98 valence electrons. The van der Waals surface area contributed by atoms with Gasteiger partial charge in [-0.05, 0) is 18.2 Å². The first-order valence-corrected chi connectivity index (χ1v) is 5.31. The van der Waals surface area contributed by atoms with Crippen LogP contribution in [0.25, 0.3) is 0 Å². The van der Waals surface area contributed by atoms with E-state index in [9.17, 15) is 19.2 Å². The van der Waals surface area contributed by atoms with Gasteiger partial charge in [-0.25, -0.2) is 4.79 Å². The van der Waals surface area contributed by atoms with E-state index in [1.165, 1.54) is 25.2 Å². The Hall–Kier alpha value is -2.70. The first-order valence-electron chi connectivity index (χ1n) is 5.31. The predicted octanol–water partition coefficient (Wildman–Crippen LogP) is 0.0239. The van der Waals surface area contributed by atoms with Crippen LogP contribution in [0.2, 0.25) is 0 Å². The van der Waals surface area contributed by atoms with Crippen molar-refractivity contribution < 1.29 is 23.9 Å². The van der Waals surface area contributed by atoms with Crippen molar-refractivity contribution >= 4 is 29.4 Å². The lowest BCUT2D eigenvalue weighted by molar-refractivity contribution is -0.150. The van der Waals surface area contributed by atoms with Crippen LogP contribution in [0.15, 0.2) is 18.2 Å². The van der Waals surface area contributed by atoms with E-state index in [1.54, 1.807) is 0 Å². The van der Waals surface area contributed by atoms with Crippen molar-refractivity contribution in [3.05, 3.63) is 29.3 Å². The topological polar surface area (TPSA) is 92.8 Å². The number of imide groups is 1. The van der Waals surface area contributed by atoms with Crippen molar-refractivity contribution in [1.29, 1.82) is 0 Å². The van der Waals surface area contributed by atoms with E-state index in [-0.39, 0.29) is 16.8 Å². The van der Waals surface area contributed by atoms with Crippen molar-refractivity contribution in [1.82, 2.24) is 4.90 Å². The van der Waals surface area contributed by atoms with Gasteiger partial charge >= 0.3 is 11.9 Å². The fraction of sp³-hybridized carbons (Fsp3) is 0.167. The highest BCUT2D eigenvalue weighted by atomic mass is 16.5. The summed E-state index contributed by atoms with van der Waals surface area (Å²) >= 11 is 0. The fourth-order valence-electron chi connectivity index (χ4n) is 1.71. The summed E-state index contributed by atoms with van der Waals surface area (Å²) < 4.78 is 4.25. The van der Waals surface area contributed by atoms with Gasteiger partial charge in [-0.3, -0.25) is 19.3 Å². The Morgan fingerprint density at radius 2 is 1.79 bits per heavy atom. The molecule has 2 rings (SSSR count). The maximum absolute atomic E-state index is 11.7. The van der Waals surface area contributed by atoms with E-state index in [1.807, 2.05) is 0 Å². The zero-order valence-corrected chi connectivity index (χ0v) is 10.2. The van der Waals surface area contributed by atoms with Gasteiger partial charge in [0, 0.05) is 12.7 Å². The molecule has 7 heteroatoms. The quantitative estimate of drug-likeness (QED) is 0.437. The smallest absolute Gasteiger partial charge is 0.396 e. The molecule has 0 aliphatic carbocycles. The molecule has 1 N–H and O–H groups in total. The zero-order valence-electron chi connectivity index (χ0n) is 10.2. The van der Waals surface area contributed by atoms with Gasteiger partial charge in [-0.15, -0.1) is 0 Å². The summed E-state index contributed by atoms with van der Waals surface area (Å²) in [7, 11) is 2.46. The highest BCUT2D eigenvalue weighted by Crippen LogP contribution is 2.24. The van der Waals surface area contributed by atoms with Crippen LogP contribution in [0.4, 0.5) is 5.69 Å². The van der Waals surface area contributed by atoms with Gasteiger partial charge in [0.15, 0.2) is 0 Å². The van der Waals surface area contributed by atoms with Crippen LogP contribution >= 0.6 is 0 Å². The summed E-state index contributed by atoms with van der Waals surface area (Å²) in [5.74, 6) is -2.84. The Labute approximate surface area is 108 Å². The molecule has 1 aromatic carbocycles. The largest absolute Gasteiger partial charge is 0.462 e. The third-order valence-corrected chi connectivity index (χ3v) is 2.72. The monoisotopic (exact) mass is 262 g/mol. The number of benzene rings is 1. The molecule has 0 radical (unpaired) electrons. The van der Waals surface area contributed by atoms with Crippen LogP contribution in [0.1, 0.15) is 20.7 Å². The summed E-state index contributed by atoms with van der Waals surface area (Å²) in [6.07, 6.45) is 0. The summed E-state index contributed by atoms with van der Waals surface area (Å²) in [6.45, 7) is 0. The second-order valence-corrected chi connectivity index (χ2v) is 3.88. The minimum Gasteiger partial charge on any atom is -0.462 e. The van der Waals surface area contributed by atoms with Crippen molar-refractivity contribution in [2.75, 3.05) is 19.5 Å². The number of anilines is 1. The minimum atomic E-state index is -1.04. The molecular weight excluding hydrogens is 252 g/mol. The molecule has 0 fully saturated rings. The van der Waals surface area contributed by atoms with E-state index in [4.69, 9.17) is 0 Å². The average molecular weight is 262 g/mol. The Morgan fingerprint density at radius 3 is 2.42 bits per heavy atom. The molecule has 0 unspecified atom stereocenters. The molecule has 1 heterocycles. The van der Waals surface area contributed by atoms with Crippen LogP contribution < -0.4 is 5.32 Å². The SMILES string of the molecule is COC(=O)C(=O)Nc1ccc2c(c1)C(=O)N(C)C2=O. The van der Waals surface area contributed by atoms with Gasteiger partial charge < -0.3 is 10.1 Å². The Balaban J connectivity index is 2.29. The molecule has 1 aliphatic heterocycles. The lowest BCUT2D eigenvalue weighted by atomic mass is 10.1. The van der Waals surface area contributed by atoms with E-state index in [0.717, 1.165) is 12.0 Å².